The van der Waals surface area contributed by atoms with Gasteiger partial charge in [0.2, 0.25) is 0 Å². The van der Waals surface area contributed by atoms with Gasteiger partial charge in [-0.15, -0.1) is 0 Å². The lowest BCUT2D eigenvalue weighted by Crippen LogP contribution is -2.53. The summed E-state index contributed by atoms with van der Waals surface area (Å²) in [6.45, 7) is 3.97. The summed E-state index contributed by atoms with van der Waals surface area (Å²) in [5, 5.41) is 8.60. The second-order valence-electron chi connectivity index (χ2n) is 10.1. The van der Waals surface area contributed by atoms with Crippen molar-refractivity contribution in [2.24, 2.45) is 0 Å². The van der Waals surface area contributed by atoms with Gasteiger partial charge in [-0.2, -0.15) is 18.3 Å². The molecule has 0 spiro atoms. The zero-order valence-corrected chi connectivity index (χ0v) is 21.3. The van der Waals surface area contributed by atoms with Crippen LogP contribution in [0.3, 0.4) is 0 Å². The van der Waals surface area contributed by atoms with Gasteiger partial charge < -0.3 is 10.1 Å². The van der Waals surface area contributed by atoms with E-state index in [0.29, 0.717) is 42.3 Å². The number of carbonyl (C=O) groups is 2. The van der Waals surface area contributed by atoms with Gasteiger partial charge in [-0.05, 0) is 81.7 Å². The molecule has 1 N–H and O–H groups in total. The van der Waals surface area contributed by atoms with Crippen molar-refractivity contribution in [3.8, 4) is 0 Å². The van der Waals surface area contributed by atoms with Gasteiger partial charge >= 0.3 is 12.1 Å². The minimum atomic E-state index is -4.39. The standard InChI is InChI=1S/C28H32F3N3O3/c1-18(2)34-22-8-4-7-20(17-19-10-12-21(13-11-19)28(29,30)31)24(22)25(33-34)26(36)32-27(15-6-16-27)14-5-9-23(35)37-3/h4,7-8,10-13,18H,5-6,9,14-17H2,1-3H3,(H,32,36). The number of fused-ring (bicyclic) bond motifs is 1. The number of aromatic nitrogens is 2. The van der Waals surface area contributed by atoms with Crippen molar-refractivity contribution in [2.75, 3.05) is 7.11 Å². The molecule has 9 heteroatoms. The molecule has 0 atom stereocenters. The number of nitrogens with one attached hydrogen (secondary N) is 1. The fourth-order valence-corrected chi connectivity index (χ4v) is 5.01. The molecule has 1 heterocycles. The van der Waals surface area contributed by atoms with Gasteiger partial charge in [-0.1, -0.05) is 24.3 Å². The van der Waals surface area contributed by atoms with Crippen LogP contribution in [0.4, 0.5) is 13.2 Å². The van der Waals surface area contributed by atoms with Crippen molar-refractivity contribution in [3.63, 3.8) is 0 Å². The number of nitrogens with zero attached hydrogens (tertiary/aromatic N) is 2. The van der Waals surface area contributed by atoms with Crippen LogP contribution in [0.2, 0.25) is 0 Å². The summed E-state index contributed by atoms with van der Waals surface area (Å²) in [5.74, 6) is -0.544. The quantitative estimate of drug-likeness (QED) is 0.343. The smallest absolute Gasteiger partial charge is 0.416 e. The molecule has 37 heavy (non-hydrogen) atoms. The minimum Gasteiger partial charge on any atom is -0.469 e. The largest absolute Gasteiger partial charge is 0.469 e. The first kappa shape index (κ1) is 26.7. The molecular formula is C28H32F3N3O3. The Balaban J connectivity index is 1.64. The summed E-state index contributed by atoms with van der Waals surface area (Å²) in [7, 11) is 1.36. The SMILES string of the molecule is COC(=O)CCCC1(NC(=O)c2nn(C(C)C)c3cccc(Cc4ccc(C(F)(F)F)cc4)c23)CCC1. The summed E-state index contributed by atoms with van der Waals surface area (Å²) >= 11 is 0. The number of amides is 1. The number of hydrogen-bond donors (Lipinski definition) is 1. The zero-order chi connectivity index (χ0) is 26.8. The molecule has 4 rings (SSSR count). The van der Waals surface area contributed by atoms with Crippen molar-refractivity contribution in [1.29, 1.82) is 0 Å². The van der Waals surface area contributed by atoms with Gasteiger partial charge in [0.15, 0.2) is 5.69 Å². The maximum Gasteiger partial charge on any atom is 0.416 e. The maximum atomic E-state index is 13.6. The van der Waals surface area contributed by atoms with Crippen LogP contribution >= 0.6 is 0 Å². The van der Waals surface area contributed by atoms with E-state index in [1.807, 2.05) is 36.7 Å². The average molecular weight is 516 g/mol. The Bertz CT molecular complexity index is 1280. The van der Waals surface area contributed by atoms with E-state index in [0.717, 1.165) is 42.5 Å². The van der Waals surface area contributed by atoms with E-state index in [1.165, 1.54) is 19.2 Å². The third-order valence-corrected chi connectivity index (χ3v) is 7.15. The third-order valence-electron chi connectivity index (χ3n) is 7.15. The van der Waals surface area contributed by atoms with Gasteiger partial charge in [0.1, 0.15) is 0 Å². The highest BCUT2D eigenvalue weighted by Gasteiger charge is 2.39. The Kier molecular flexibility index (Phi) is 7.62. The van der Waals surface area contributed by atoms with Crippen LogP contribution in [-0.4, -0.2) is 34.3 Å². The van der Waals surface area contributed by atoms with Crippen LogP contribution in [0.15, 0.2) is 42.5 Å². The first-order chi connectivity index (χ1) is 17.5. The van der Waals surface area contributed by atoms with E-state index in [1.54, 1.807) is 0 Å². The molecule has 2 aromatic carbocycles. The highest BCUT2D eigenvalue weighted by Crippen LogP contribution is 2.37. The van der Waals surface area contributed by atoms with Crippen molar-refractivity contribution >= 4 is 22.8 Å². The topological polar surface area (TPSA) is 73.2 Å². The number of carbonyl (C=O) groups excluding carboxylic acids is 2. The Morgan fingerprint density at radius 2 is 1.84 bits per heavy atom. The lowest BCUT2D eigenvalue weighted by Gasteiger charge is -2.42. The van der Waals surface area contributed by atoms with E-state index < -0.39 is 11.7 Å². The lowest BCUT2D eigenvalue weighted by molar-refractivity contribution is -0.141. The van der Waals surface area contributed by atoms with Crippen molar-refractivity contribution in [1.82, 2.24) is 15.1 Å². The number of methoxy groups -OCH3 is 1. The summed E-state index contributed by atoms with van der Waals surface area (Å²) in [5.41, 5.74) is 1.58. The lowest BCUT2D eigenvalue weighted by atomic mass is 9.73. The van der Waals surface area contributed by atoms with Crippen LogP contribution in [0.5, 0.6) is 0 Å². The Labute approximate surface area is 214 Å². The molecule has 0 unspecified atom stereocenters. The molecule has 0 radical (unpaired) electrons. The summed E-state index contributed by atoms with van der Waals surface area (Å²) in [6.07, 6.45) is 0.236. The Morgan fingerprint density at radius 3 is 2.41 bits per heavy atom. The van der Waals surface area contributed by atoms with Crippen molar-refractivity contribution in [3.05, 3.63) is 64.8 Å². The predicted molar refractivity (Wildman–Crippen MR) is 134 cm³/mol. The number of esters is 1. The Hall–Kier alpha value is -3.36. The third kappa shape index (κ3) is 5.81. The minimum absolute atomic E-state index is 0.00286. The average Bonchev–Trinajstić information content (AvgIpc) is 3.23. The number of hydrogen-bond acceptors (Lipinski definition) is 4. The van der Waals surface area contributed by atoms with Gasteiger partial charge in [-0.3, -0.25) is 14.3 Å². The van der Waals surface area contributed by atoms with Crippen LogP contribution in [-0.2, 0) is 22.1 Å². The van der Waals surface area contributed by atoms with Gasteiger partial charge in [0.25, 0.3) is 5.91 Å². The van der Waals surface area contributed by atoms with Gasteiger partial charge in [0, 0.05) is 23.4 Å². The van der Waals surface area contributed by atoms with Gasteiger partial charge in [0.05, 0.1) is 18.2 Å². The van der Waals surface area contributed by atoms with Crippen LogP contribution in [0.1, 0.15) is 85.6 Å². The van der Waals surface area contributed by atoms with E-state index in [2.05, 4.69) is 10.4 Å². The normalized spacial score (nSPS) is 15.0. The summed E-state index contributed by atoms with van der Waals surface area (Å²) < 4.78 is 45.5. The fraction of sp³-hybridized carbons (Fsp3) is 0.464. The number of rotatable bonds is 9. The predicted octanol–water partition coefficient (Wildman–Crippen LogP) is 6.22. The molecular weight excluding hydrogens is 483 g/mol. The molecule has 1 amide bonds. The molecule has 1 aliphatic rings. The molecule has 1 saturated carbocycles. The summed E-state index contributed by atoms with van der Waals surface area (Å²) in [6, 6.07) is 10.8. The van der Waals surface area contributed by atoms with Crippen LogP contribution in [0, 0.1) is 0 Å². The van der Waals surface area contributed by atoms with E-state index in [-0.39, 0.29) is 23.5 Å². The van der Waals surface area contributed by atoms with E-state index in [9.17, 15) is 22.8 Å². The monoisotopic (exact) mass is 515 g/mol. The van der Waals surface area contributed by atoms with E-state index in [4.69, 9.17) is 4.74 Å². The summed E-state index contributed by atoms with van der Waals surface area (Å²) in [4.78, 5) is 25.2. The maximum absolute atomic E-state index is 13.6. The first-order valence-electron chi connectivity index (χ1n) is 12.6. The Morgan fingerprint density at radius 1 is 1.14 bits per heavy atom. The van der Waals surface area contributed by atoms with Crippen molar-refractivity contribution in [2.45, 2.75) is 76.6 Å². The number of alkyl halides is 3. The fourth-order valence-electron chi connectivity index (χ4n) is 5.01. The molecule has 6 nitrogen and oxygen atoms in total. The molecule has 1 aliphatic carbocycles. The molecule has 198 valence electrons. The molecule has 0 aliphatic heterocycles. The van der Waals surface area contributed by atoms with Crippen LogP contribution in [0.25, 0.3) is 10.9 Å². The first-order valence-corrected chi connectivity index (χ1v) is 12.6. The van der Waals surface area contributed by atoms with Crippen molar-refractivity contribution < 1.29 is 27.5 Å². The highest BCUT2D eigenvalue weighted by molar-refractivity contribution is 6.06. The van der Waals surface area contributed by atoms with E-state index >= 15 is 0 Å². The molecule has 1 aromatic heterocycles. The molecule has 3 aromatic rings. The second-order valence-corrected chi connectivity index (χ2v) is 10.1. The zero-order valence-electron chi connectivity index (χ0n) is 21.3. The molecule has 0 bridgehead atoms. The molecule has 0 saturated heterocycles. The second kappa shape index (κ2) is 10.6. The number of ether oxygens (including phenoxy) is 1. The van der Waals surface area contributed by atoms with Crippen LogP contribution < -0.4 is 5.32 Å². The highest BCUT2D eigenvalue weighted by atomic mass is 19.4. The number of halogens is 3. The molecule has 1 fully saturated rings. The van der Waals surface area contributed by atoms with Gasteiger partial charge in [-0.25, -0.2) is 0 Å². The number of benzene rings is 2.